The Labute approximate surface area is 235 Å². The molecule has 1 aliphatic rings. The molecule has 0 fully saturated rings. The number of Topliss-reactive ketones (excluding diaryl/α,β-unsaturated/α-hetero) is 1. The first kappa shape index (κ1) is 26.8. The molecule has 1 aromatic heterocycles. The van der Waals surface area contributed by atoms with Crippen LogP contribution in [0.15, 0.2) is 102 Å². The van der Waals surface area contributed by atoms with Crippen molar-refractivity contribution in [2.24, 2.45) is 0 Å². The van der Waals surface area contributed by atoms with Gasteiger partial charge in [0, 0.05) is 6.92 Å². The topological polar surface area (TPSA) is 96.8 Å². The van der Waals surface area contributed by atoms with E-state index < -0.39 is 23.5 Å². The minimum Gasteiger partial charge on any atom is -0.503 e. The van der Waals surface area contributed by atoms with Gasteiger partial charge in [-0.1, -0.05) is 90.2 Å². The number of ether oxygens (including phenoxy) is 1. The molecular weight excluding hydrogens is 524 g/mol. The first-order valence-electron chi connectivity index (χ1n) is 12.6. The van der Waals surface area contributed by atoms with Gasteiger partial charge in [0.05, 0.1) is 22.2 Å². The summed E-state index contributed by atoms with van der Waals surface area (Å²) in [5, 5.41) is 11.2. The number of carbonyl (C=O) groups is 3. The Hall–Kier alpha value is -4.82. The fourth-order valence-corrected chi connectivity index (χ4v) is 5.48. The van der Waals surface area contributed by atoms with Crippen LogP contribution < -0.4 is 9.64 Å². The number of aliphatic hydroxyl groups is 1. The molecule has 0 saturated carbocycles. The first-order chi connectivity index (χ1) is 19.3. The number of hydrogen-bond donors (Lipinski definition) is 1. The van der Waals surface area contributed by atoms with Crippen molar-refractivity contribution in [2.75, 3.05) is 4.90 Å². The Balaban J connectivity index is 1.50. The van der Waals surface area contributed by atoms with Crippen LogP contribution in [0.3, 0.4) is 0 Å². The molecule has 0 saturated heterocycles. The molecule has 5 rings (SSSR count). The van der Waals surface area contributed by atoms with Gasteiger partial charge in [-0.3, -0.25) is 19.3 Å². The number of ketones is 2. The van der Waals surface area contributed by atoms with E-state index in [-0.39, 0.29) is 16.5 Å². The first-order valence-corrected chi connectivity index (χ1v) is 13.4. The number of aryl methyl sites for hydroxylation is 1. The Kier molecular flexibility index (Phi) is 7.70. The number of benzene rings is 3. The minimum absolute atomic E-state index is 0.0626. The zero-order valence-electron chi connectivity index (χ0n) is 21.9. The van der Waals surface area contributed by atoms with E-state index in [2.05, 4.69) is 4.98 Å². The Morgan fingerprint density at radius 3 is 2.27 bits per heavy atom. The van der Waals surface area contributed by atoms with Crippen LogP contribution in [0.5, 0.6) is 5.75 Å². The van der Waals surface area contributed by atoms with Gasteiger partial charge in [-0.2, -0.15) is 0 Å². The van der Waals surface area contributed by atoms with Gasteiger partial charge >= 0.3 is 0 Å². The zero-order valence-corrected chi connectivity index (χ0v) is 22.7. The lowest BCUT2D eigenvalue weighted by Crippen LogP contribution is -2.30. The van der Waals surface area contributed by atoms with Crippen molar-refractivity contribution >= 4 is 40.0 Å². The van der Waals surface area contributed by atoms with Gasteiger partial charge in [0.2, 0.25) is 0 Å². The van der Waals surface area contributed by atoms with Crippen LogP contribution in [0, 0.1) is 6.92 Å². The smallest absolute Gasteiger partial charge is 0.296 e. The maximum atomic E-state index is 13.5. The number of carbonyl (C=O) groups excluding carboxylic acids is 3. The molecule has 3 aromatic carbocycles. The second-order valence-corrected chi connectivity index (χ2v) is 10.2. The molecule has 40 heavy (non-hydrogen) atoms. The number of amides is 1. The van der Waals surface area contributed by atoms with E-state index in [0.29, 0.717) is 28.5 Å². The number of allylic oxidation sites excluding steroid dienone is 1. The molecule has 0 bridgehead atoms. The lowest BCUT2D eigenvalue weighted by atomic mass is 9.95. The average Bonchev–Trinajstić information content (AvgIpc) is 3.48. The van der Waals surface area contributed by atoms with Gasteiger partial charge in [-0.15, -0.1) is 0 Å². The standard InChI is InChI=1S/C32H26N2O5S/c1-20-30(21(2)35)40-32(33-20)34-28(24-14-16-25(17-15-24)39-19-23-11-7-4-8-12-23)27(29(37)31(34)38)26(36)18-13-22-9-5-3-6-10-22/h3-18,28,37H,19H2,1-2H3. The number of aromatic nitrogens is 1. The van der Waals surface area contributed by atoms with Crippen molar-refractivity contribution in [3.8, 4) is 5.75 Å². The normalized spacial score (nSPS) is 15.2. The quantitative estimate of drug-likeness (QED) is 0.191. The fourth-order valence-electron chi connectivity index (χ4n) is 4.49. The van der Waals surface area contributed by atoms with Crippen molar-refractivity contribution in [3.63, 3.8) is 0 Å². The average molecular weight is 551 g/mol. The molecule has 1 N–H and O–H groups in total. The van der Waals surface area contributed by atoms with Gasteiger partial charge in [0.25, 0.3) is 5.91 Å². The van der Waals surface area contributed by atoms with Crippen LogP contribution in [0.25, 0.3) is 6.08 Å². The van der Waals surface area contributed by atoms with Crippen LogP contribution in [-0.2, 0) is 16.2 Å². The monoisotopic (exact) mass is 550 g/mol. The Bertz CT molecular complexity index is 1620. The summed E-state index contributed by atoms with van der Waals surface area (Å²) >= 11 is 1.05. The van der Waals surface area contributed by atoms with E-state index in [1.54, 1.807) is 37.3 Å². The number of hydrogen-bond acceptors (Lipinski definition) is 7. The summed E-state index contributed by atoms with van der Waals surface area (Å²) in [6, 6.07) is 25.1. The highest BCUT2D eigenvalue weighted by atomic mass is 32.1. The highest BCUT2D eigenvalue weighted by Crippen LogP contribution is 2.43. The predicted octanol–water partition coefficient (Wildman–Crippen LogP) is 6.42. The molecular formula is C32H26N2O5S. The molecule has 0 spiro atoms. The SMILES string of the molecule is CC(=O)c1sc(N2C(=O)C(O)=C(C(=O)C=Cc3ccccc3)C2c2ccc(OCc3ccccc3)cc2)nc1C. The third-order valence-electron chi connectivity index (χ3n) is 6.46. The summed E-state index contributed by atoms with van der Waals surface area (Å²) in [6.07, 6.45) is 2.98. The molecule has 8 heteroatoms. The van der Waals surface area contributed by atoms with E-state index in [9.17, 15) is 19.5 Å². The number of anilines is 1. The highest BCUT2D eigenvalue weighted by molar-refractivity contribution is 7.17. The third kappa shape index (κ3) is 5.48. The van der Waals surface area contributed by atoms with Crippen LogP contribution in [0.1, 0.15) is 45.0 Å². The van der Waals surface area contributed by atoms with E-state index in [1.165, 1.54) is 17.9 Å². The molecule has 0 radical (unpaired) electrons. The Morgan fingerprint density at radius 2 is 1.65 bits per heavy atom. The largest absolute Gasteiger partial charge is 0.503 e. The number of nitrogens with zero attached hydrogens (tertiary/aromatic N) is 2. The molecule has 7 nitrogen and oxygen atoms in total. The van der Waals surface area contributed by atoms with Crippen LogP contribution >= 0.6 is 11.3 Å². The molecule has 0 aliphatic carbocycles. The van der Waals surface area contributed by atoms with Crippen LogP contribution in [-0.4, -0.2) is 27.6 Å². The van der Waals surface area contributed by atoms with E-state index in [0.717, 1.165) is 22.5 Å². The summed E-state index contributed by atoms with van der Waals surface area (Å²) in [4.78, 5) is 45.1. The van der Waals surface area contributed by atoms with Crippen molar-refractivity contribution in [1.82, 2.24) is 4.98 Å². The zero-order chi connectivity index (χ0) is 28.2. The number of thiazole rings is 1. The molecule has 1 aliphatic heterocycles. The third-order valence-corrected chi connectivity index (χ3v) is 7.71. The van der Waals surface area contributed by atoms with Gasteiger partial charge in [0.15, 0.2) is 22.5 Å². The second kappa shape index (κ2) is 11.5. The summed E-state index contributed by atoms with van der Waals surface area (Å²) < 4.78 is 5.90. The molecule has 200 valence electrons. The van der Waals surface area contributed by atoms with Gasteiger partial charge < -0.3 is 9.84 Å². The summed E-state index contributed by atoms with van der Waals surface area (Å²) in [7, 11) is 0. The predicted molar refractivity (Wildman–Crippen MR) is 154 cm³/mol. The number of rotatable bonds is 9. The molecule has 2 heterocycles. The molecule has 1 amide bonds. The molecule has 1 atom stereocenters. The van der Waals surface area contributed by atoms with Gasteiger partial charge in [-0.05, 0) is 41.8 Å². The van der Waals surface area contributed by atoms with E-state index in [4.69, 9.17) is 4.74 Å². The summed E-state index contributed by atoms with van der Waals surface area (Å²) in [5.74, 6) is -1.48. The summed E-state index contributed by atoms with van der Waals surface area (Å²) in [6.45, 7) is 3.50. The number of aliphatic hydroxyl groups excluding tert-OH is 1. The lowest BCUT2D eigenvalue weighted by Gasteiger charge is -2.24. The van der Waals surface area contributed by atoms with Crippen molar-refractivity contribution in [2.45, 2.75) is 26.5 Å². The Morgan fingerprint density at radius 1 is 1.00 bits per heavy atom. The highest BCUT2D eigenvalue weighted by Gasteiger charge is 2.45. The summed E-state index contributed by atoms with van der Waals surface area (Å²) in [5.41, 5.74) is 2.82. The van der Waals surface area contributed by atoms with Crippen molar-refractivity contribution in [3.05, 3.63) is 130 Å². The molecule has 1 unspecified atom stereocenters. The second-order valence-electron chi connectivity index (χ2n) is 9.26. The van der Waals surface area contributed by atoms with Gasteiger partial charge in [-0.25, -0.2) is 4.98 Å². The lowest BCUT2D eigenvalue weighted by molar-refractivity contribution is -0.117. The van der Waals surface area contributed by atoms with Crippen LogP contribution in [0.2, 0.25) is 0 Å². The van der Waals surface area contributed by atoms with Crippen molar-refractivity contribution < 1.29 is 24.2 Å². The maximum Gasteiger partial charge on any atom is 0.296 e. The van der Waals surface area contributed by atoms with E-state index in [1.807, 2.05) is 60.7 Å². The molecule has 4 aromatic rings. The maximum absolute atomic E-state index is 13.5. The van der Waals surface area contributed by atoms with Crippen molar-refractivity contribution in [1.29, 1.82) is 0 Å². The van der Waals surface area contributed by atoms with Crippen LogP contribution in [0.4, 0.5) is 5.13 Å². The minimum atomic E-state index is -0.950. The van der Waals surface area contributed by atoms with E-state index >= 15 is 0 Å². The van der Waals surface area contributed by atoms with Gasteiger partial charge in [0.1, 0.15) is 12.4 Å². The fraction of sp³-hybridized carbons (Fsp3) is 0.125.